The lowest BCUT2D eigenvalue weighted by Crippen LogP contribution is -2.37. The number of halogens is 5. The van der Waals surface area contributed by atoms with Gasteiger partial charge in [0.15, 0.2) is 5.13 Å². The number of thiazole rings is 1. The quantitative estimate of drug-likeness (QED) is 0.229. The highest BCUT2D eigenvalue weighted by Crippen LogP contribution is 2.41. The molecule has 0 radical (unpaired) electrons. The fourth-order valence-corrected chi connectivity index (χ4v) is 5.25. The van der Waals surface area contributed by atoms with Crippen molar-refractivity contribution in [2.45, 2.75) is 46.1 Å². The number of anilines is 2. The molecular formula is C27H26F5N5O6S. The molecule has 44 heavy (non-hydrogen) atoms. The Morgan fingerprint density at radius 3 is 2.43 bits per heavy atom. The summed E-state index contributed by atoms with van der Waals surface area (Å²) >= 11 is 0.832. The van der Waals surface area contributed by atoms with Gasteiger partial charge in [0.05, 0.1) is 41.1 Å². The number of piperidine rings is 1. The molecule has 2 aromatic heterocycles. The van der Waals surface area contributed by atoms with E-state index < -0.39 is 36.0 Å². The summed E-state index contributed by atoms with van der Waals surface area (Å²) in [6.45, 7) is 0.419. The predicted octanol–water partition coefficient (Wildman–Crippen LogP) is 5.32. The molecule has 11 nitrogen and oxygen atoms in total. The van der Waals surface area contributed by atoms with Crippen molar-refractivity contribution in [3.8, 4) is 17.0 Å². The van der Waals surface area contributed by atoms with E-state index in [2.05, 4.69) is 25.0 Å². The first-order valence-electron chi connectivity index (χ1n) is 13.2. The number of hydrogen-bond acceptors (Lipinski definition) is 11. The highest BCUT2D eigenvalue weighted by molar-refractivity contribution is 7.16. The second kappa shape index (κ2) is 13.9. The van der Waals surface area contributed by atoms with Crippen LogP contribution in [0.25, 0.3) is 11.3 Å². The molecule has 0 atom stereocenters. The Hall–Kier alpha value is -4.41. The van der Waals surface area contributed by atoms with Gasteiger partial charge in [0.25, 0.3) is 5.91 Å². The second-order valence-corrected chi connectivity index (χ2v) is 10.5. The predicted molar refractivity (Wildman–Crippen MR) is 146 cm³/mol. The van der Waals surface area contributed by atoms with E-state index in [4.69, 9.17) is 9.47 Å². The molecule has 1 aliphatic heterocycles. The minimum atomic E-state index is -5.04. The Morgan fingerprint density at radius 2 is 1.84 bits per heavy atom. The van der Waals surface area contributed by atoms with E-state index in [-0.39, 0.29) is 45.5 Å². The standard InChI is InChI=1S/C27H26F5N5O6S/c1-3-41-24(40)15-6-8-37(9-7-15)21-12-33-18(11-34-21)23(39)36-26-35-22(20(44-26)13-42-14(2)38)16-4-5-19(43-25(28)29)17(10-16)27(30,31)32/h4-5,10-12,15,25H,3,6-9,13H2,1-2H3,(H,35,36,39). The highest BCUT2D eigenvalue weighted by atomic mass is 32.1. The Balaban J connectivity index is 1.52. The van der Waals surface area contributed by atoms with Crippen LogP contribution in [0.5, 0.6) is 5.75 Å². The fraction of sp³-hybridized carbons (Fsp3) is 0.407. The number of carbonyl (C=O) groups excluding carboxylic acids is 3. The van der Waals surface area contributed by atoms with Crippen LogP contribution in [0.4, 0.5) is 32.9 Å². The topological polar surface area (TPSA) is 133 Å². The molecule has 1 aliphatic rings. The highest BCUT2D eigenvalue weighted by Gasteiger charge is 2.36. The molecule has 1 saturated heterocycles. The molecule has 3 aromatic rings. The molecule has 0 bridgehead atoms. The minimum Gasteiger partial charge on any atom is -0.466 e. The van der Waals surface area contributed by atoms with Crippen molar-refractivity contribution in [1.82, 2.24) is 15.0 Å². The van der Waals surface area contributed by atoms with E-state index in [9.17, 15) is 36.3 Å². The van der Waals surface area contributed by atoms with Crippen molar-refractivity contribution in [3.05, 3.63) is 46.7 Å². The van der Waals surface area contributed by atoms with Crippen molar-refractivity contribution in [1.29, 1.82) is 0 Å². The van der Waals surface area contributed by atoms with Crippen LogP contribution in [0.2, 0.25) is 0 Å². The zero-order chi connectivity index (χ0) is 32.0. The summed E-state index contributed by atoms with van der Waals surface area (Å²) in [5.41, 5.74) is -1.77. The van der Waals surface area contributed by atoms with Gasteiger partial charge in [-0.25, -0.2) is 15.0 Å². The van der Waals surface area contributed by atoms with E-state index in [1.54, 1.807) is 6.92 Å². The van der Waals surface area contributed by atoms with E-state index in [1.165, 1.54) is 12.4 Å². The van der Waals surface area contributed by atoms with Gasteiger partial charge in [-0.2, -0.15) is 22.0 Å². The number of esters is 2. The molecule has 0 unspecified atom stereocenters. The first-order chi connectivity index (χ1) is 20.8. The summed E-state index contributed by atoms with van der Waals surface area (Å²) in [7, 11) is 0. The number of benzene rings is 1. The Morgan fingerprint density at radius 1 is 1.11 bits per heavy atom. The van der Waals surface area contributed by atoms with Gasteiger partial charge in [-0.15, -0.1) is 0 Å². The van der Waals surface area contributed by atoms with Gasteiger partial charge in [-0.1, -0.05) is 11.3 Å². The summed E-state index contributed by atoms with van der Waals surface area (Å²) in [6, 6.07) is 2.40. The number of rotatable bonds is 10. The summed E-state index contributed by atoms with van der Waals surface area (Å²) in [5, 5.41) is 2.45. The Kier molecular flexibility index (Phi) is 10.3. The number of alkyl halides is 5. The van der Waals surface area contributed by atoms with E-state index in [1.807, 2.05) is 4.90 Å². The second-order valence-electron chi connectivity index (χ2n) is 9.39. The van der Waals surface area contributed by atoms with Crippen molar-refractivity contribution in [3.63, 3.8) is 0 Å². The smallest absolute Gasteiger partial charge is 0.419 e. The molecule has 1 amide bonds. The average molecular weight is 644 g/mol. The molecule has 3 heterocycles. The molecule has 0 aliphatic carbocycles. The molecule has 236 valence electrons. The average Bonchev–Trinajstić information content (AvgIpc) is 3.38. The molecule has 1 N–H and O–H groups in total. The van der Waals surface area contributed by atoms with E-state index >= 15 is 0 Å². The Labute approximate surface area is 251 Å². The minimum absolute atomic E-state index is 0.0551. The Bertz CT molecular complexity index is 1490. The summed E-state index contributed by atoms with van der Waals surface area (Å²) in [5.74, 6) is -2.39. The van der Waals surface area contributed by atoms with Crippen molar-refractivity contribution >= 4 is 40.1 Å². The third kappa shape index (κ3) is 8.15. The SMILES string of the molecule is CCOC(=O)C1CCN(c2cnc(C(=O)Nc3nc(-c4ccc(OC(F)F)c(C(F)(F)F)c4)c(COC(C)=O)s3)cn2)CC1. The van der Waals surface area contributed by atoms with Crippen LogP contribution in [0, 0.1) is 5.92 Å². The molecule has 1 aromatic carbocycles. The van der Waals surface area contributed by atoms with Gasteiger partial charge in [0.1, 0.15) is 23.9 Å². The van der Waals surface area contributed by atoms with E-state index in [0.29, 0.717) is 44.4 Å². The van der Waals surface area contributed by atoms with Crippen molar-refractivity contribution in [2.24, 2.45) is 5.92 Å². The van der Waals surface area contributed by atoms with Gasteiger partial charge in [-0.05, 0) is 38.0 Å². The van der Waals surface area contributed by atoms with Crippen molar-refractivity contribution in [2.75, 3.05) is 29.9 Å². The molecule has 17 heteroatoms. The summed E-state index contributed by atoms with van der Waals surface area (Å²) < 4.78 is 80.4. The van der Waals surface area contributed by atoms with Gasteiger partial charge >= 0.3 is 24.7 Å². The van der Waals surface area contributed by atoms with E-state index in [0.717, 1.165) is 30.4 Å². The van der Waals surface area contributed by atoms with Gasteiger partial charge in [0.2, 0.25) is 0 Å². The lowest BCUT2D eigenvalue weighted by molar-refractivity contribution is -0.148. The first-order valence-corrected chi connectivity index (χ1v) is 14.0. The maximum absolute atomic E-state index is 13.6. The van der Waals surface area contributed by atoms with Crippen LogP contribution < -0.4 is 15.0 Å². The number of nitrogens with zero attached hydrogens (tertiary/aromatic N) is 4. The number of amides is 1. The van der Waals surface area contributed by atoms with Crippen LogP contribution in [-0.2, 0) is 31.8 Å². The number of nitrogens with one attached hydrogen (secondary N) is 1. The van der Waals surface area contributed by atoms with Gasteiger partial charge < -0.3 is 19.1 Å². The molecule has 1 fully saturated rings. The fourth-order valence-electron chi connectivity index (χ4n) is 4.36. The van der Waals surface area contributed by atoms with Crippen LogP contribution in [0.15, 0.2) is 30.6 Å². The van der Waals surface area contributed by atoms with Crippen molar-refractivity contribution < 1.29 is 50.5 Å². The maximum Gasteiger partial charge on any atom is 0.419 e. The third-order valence-electron chi connectivity index (χ3n) is 6.41. The van der Waals surface area contributed by atoms with Crippen LogP contribution in [0.1, 0.15) is 47.6 Å². The van der Waals surface area contributed by atoms with Gasteiger partial charge in [0, 0.05) is 25.6 Å². The molecule has 0 saturated carbocycles. The molecular weight excluding hydrogens is 617 g/mol. The zero-order valence-electron chi connectivity index (χ0n) is 23.3. The number of hydrogen-bond donors (Lipinski definition) is 1. The van der Waals surface area contributed by atoms with Crippen LogP contribution >= 0.6 is 11.3 Å². The number of ether oxygens (including phenoxy) is 3. The van der Waals surface area contributed by atoms with Crippen LogP contribution in [-0.4, -0.2) is 59.1 Å². The largest absolute Gasteiger partial charge is 0.466 e. The zero-order valence-corrected chi connectivity index (χ0v) is 24.1. The number of aromatic nitrogens is 3. The van der Waals surface area contributed by atoms with Gasteiger partial charge in [-0.3, -0.25) is 19.7 Å². The summed E-state index contributed by atoms with van der Waals surface area (Å²) in [4.78, 5) is 51.0. The molecule has 4 rings (SSSR count). The normalized spacial score (nSPS) is 14.0. The number of carbonyl (C=O) groups is 3. The van der Waals surface area contributed by atoms with Crippen LogP contribution in [0.3, 0.4) is 0 Å². The first kappa shape index (κ1) is 32.5. The third-order valence-corrected chi connectivity index (χ3v) is 7.35. The summed E-state index contributed by atoms with van der Waals surface area (Å²) in [6.07, 6.45) is -1.23. The lowest BCUT2D eigenvalue weighted by Gasteiger charge is -2.31. The molecule has 0 spiro atoms. The lowest BCUT2D eigenvalue weighted by atomic mass is 9.97. The maximum atomic E-state index is 13.6. The monoisotopic (exact) mass is 643 g/mol.